The van der Waals surface area contributed by atoms with Crippen molar-refractivity contribution in [2.45, 2.75) is 6.54 Å². The summed E-state index contributed by atoms with van der Waals surface area (Å²) in [6.45, 7) is 0.760. The predicted molar refractivity (Wildman–Crippen MR) is 40.5 cm³/mol. The van der Waals surface area contributed by atoms with Crippen LogP contribution in [0.5, 0.6) is 5.75 Å². The molecule has 0 atom stereocenters. The Morgan fingerprint density at radius 2 is 2.40 bits per heavy atom. The number of fused-ring (bicyclic) bond motifs is 1. The average Bonchev–Trinajstić information content (AvgIpc) is 2.33. The molecule has 0 spiro atoms. The molecule has 2 rings (SSSR count). The molecule has 50 valence electrons. The highest BCUT2D eigenvalue weighted by Gasteiger charge is 2.04. The molecule has 0 amide bonds. The molecule has 1 aliphatic rings. The Morgan fingerprint density at radius 3 is 3.30 bits per heavy atom. The van der Waals surface area contributed by atoms with Crippen LogP contribution in [0, 0.1) is 0 Å². The van der Waals surface area contributed by atoms with Gasteiger partial charge in [0.25, 0.3) is 0 Å². The smallest absolute Gasteiger partial charge is 0.508 e. The van der Waals surface area contributed by atoms with Crippen molar-refractivity contribution in [2.75, 3.05) is 0 Å². The lowest BCUT2D eigenvalue weighted by Gasteiger charge is -1.95. The zero-order chi connectivity index (χ0) is 6.97. The SMILES string of the molecule is Oc1ccc2c(c1)C=NC2.[H+]. The van der Waals surface area contributed by atoms with E-state index in [1.54, 1.807) is 18.3 Å². The Bertz CT molecular complexity index is 296. The van der Waals surface area contributed by atoms with Crippen LogP contribution in [-0.4, -0.2) is 11.3 Å². The van der Waals surface area contributed by atoms with Gasteiger partial charge in [-0.3, -0.25) is 4.99 Å². The first kappa shape index (κ1) is 5.47. The second kappa shape index (κ2) is 1.84. The number of nitrogens with zero attached hydrogens (tertiary/aromatic N) is 1. The molecule has 1 aliphatic heterocycles. The molecule has 1 heterocycles. The van der Waals surface area contributed by atoms with E-state index in [0.717, 1.165) is 12.1 Å². The minimum absolute atomic E-state index is 0. The molecule has 0 saturated heterocycles. The normalized spacial score (nSPS) is 13.6. The molecule has 0 radical (unpaired) electrons. The van der Waals surface area contributed by atoms with Crippen LogP contribution in [0.3, 0.4) is 0 Å². The molecule has 0 aromatic heterocycles. The number of phenolic OH excluding ortho intramolecular Hbond substituents is 1. The number of rotatable bonds is 0. The summed E-state index contributed by atoms with van der Waals surface area (Å²) in [6, 6.07) is 5.32. The molecule has 0 bridgehead atoms. The van der Waals surface area contributed by atoms with E-state index in [4.69, 9.17) is 5.11 Å². The predicted octanol–water partition coefficient (Wildman–Crippen LogP) is 1.44. The van der Waals surface area contributed by atoms with E-state index in [-0.39, 0.29) is 1.43 Å². The number of phenols is 1. The van der Waals surface area contributed by atoms with Gasteiger partial charge < -0.3 is 5.11 Å². The van der Waals surface area contributed by atoms with Crippen molar-refractivity contribution >= 4 is 6.21 Å². The highest BCUT2D eigenvalue weighted by molar-refractivity contribution is 5.84. The summed E-state index contributed by atoms with van der Waals surface area (Å²) in [5.74, 6) is 0.312. The van der Waals surface area contributed by atoms with Crippen LogP contribution in [0.1, 0.15) is 12.6 Å². The summed E-state index contributed by atoms with van der Waals surface area (Å²) in [5, 5.41) is 9.03. The maximum atomic E-state index is 9.03. The lowest BCUT2D eigenvalue weighted by atomic mass is 10.1. The van der Waals surface area contributed by atoms with E-state index in [0.29, 0.717) is 5.75 Å². The second-order valence-electron chi connectivity index (χ2n) is 2.35. The Hall–Kier alpha value is -1.31. The molecule has 0 fully saturated rings. The lowest BCUT2D eigenvalue weighted by Crippen LogP contribution is -1.81. The fraction of sp³-hybridized carbons (Fsp3) is 0.125. The summed E-state index contributed by atoms with van der Waals surface area (Å²) < 4.78 is 0. The maximum Gasteiger partial charge on any atom is 1.00 e. The molecule has 0 aliphatic carbocycles. The lowest BCUT2D eigenvalue weighted by molar-refractivity contribution is 0.475. The molecule has 2 heteroatoms. The summed E-state index contributed by atoms with van der Waals surface area (Å²) in [4.78, 5) is 4.06. The van der Waals surface area contributed by atoms with Crippen molar-refractivity contribution in [1.82, 2.24) is 0 Å². The number of aromatic hydroxyl groups is 1. The number of hydrogen-bond donors (Lipinski definition) is 1. The summed E-state index contributed by atoms with van der Waals surface area (Å²) in [6.07, 6.45) is 1.79. The van der Waals surface area contributed by atoms with Crippen LogP contribution in [0.25, 0.3) is 0 Å². The first-order valence-electron chi connectivity index (χ1n) is 3.18. The second-order valence-corrected chi connectivity index (χ2v) is 2.35. The van der Waals surface area contributed by atoms with Gasteiger partial charge in [-0.2, -0.15) is 0 Å². The van der Waals surface area contributed by atoms with Crippen molar-refractivity contribution in [2.24, 2.45) is 4.99 Å². The van der Waals surface area contributed by atoms with Gasteiger partial charge in [-0.25, -0.2) is 0 Å². The fourth-order valence-corrected chi connectivity index (χ4v) is 1.09. The van der Waals surface area contributed by atoms with Crippen molar-refractivity contribution in [3.8, 4) is 5.75 Å². The molecule has 1 aromatic rings. The zero-order valence-electron chi connectivity index (χ0n) is 6.41. The monoisotopic (exact) mass is 134 g/mol. The standard InChI is InChI=1S/C8H7NO/c10-8-2-1-6-4-9-5-7(6)3-8/h1-3,5,10H,4H2/p+1. The molecule has 0 saturated carbocycles. The fourth-order valence-electron chi connectivity index (χ4n) is 1.09. The van der Waals surface area contributed by atoms with E-state index in [9.17, 15) is 0 Å². The van der Waals surface area contributed by atoms with Gasteiger partial charge in [0, 0.05) is 11.8 Å². The summed E-state index contributed by atoms with van der Waals surface area (Å²) >= 11 is 0. The Kier molecular flexibility index (Phi) is 1.01. The average molecular weight is 134 g/mol. The van der Waals surface area contributed by atoms with Crippen molar-refractivity contribution < 1.29 is 6.53 Å². The molecule has 1 aromatic carbocycles. The number of aliphatic imine (C=N–C) groups is 1. The summed E-state index contributed by atoms with van der Waals surface area (Å²) in [5.41, 5.74) is 2.23. The van der Waals surface area contributed by atoms with Gasteiger partial charge in [0.15, 0.2) is 0 Å². The minimum Gasteiger partial charge on any atom is -0.508 e. The molecule has 2 nitrogen and oxygen atoms in total. The van der Waals surface area contributed by atoms with Crippen LogP contribution < -0.4 is 0 Å². The van der Waals surface area contributed by atoms with E-state index in [2.05, 4.69) is 4.99 Å². The van der Waals surface area contributed by atoms with Gasteiger partial charge in [-0.1, -0.05) is 6.07 Å². The van der Waals surface area contributed by atoms with Crippen LogP contribution >= 0.6 is 0 Å². The third-order valence-corrected chi connectivity index (χ3v) is 1.62. The van der Waals surface area contributed by atoms with E-state index in [1.807, 2.05) is 6.07 Å². The Labute approximate surface area is 60.3 Å². The van der Waals surface area contributed by atoms with Crippen molar-refractivity contribution in [3.63, 3.8) is 0 Å². The molecular formula is C8H8NO+. The van der Waals surface area contributed by atoms with Gasteiger partial charge in [-0.15, -0.1) is 0 Å². The van der Waals surface area contributed by atoms with E-state index < -0.39 is 0 Å². The number of hydrogen-bond acceptors (Lipinski definition) is 2. The highest BCUT2D eigenvalue weighted by Crippen LogP contribution is 2.19. The van der Waals surface area contributed by atoms with Gasteiger partial charge in [0.1, 0.15) is 5.75 Å². The number of benzene rings is 1. The van der Waals surface area contributed by atoms with Crippen molar-refractivity contribution in [3.05, 3.63) is 29.3 Å². The topological polar surface area (TPSA) is 32.6 Å². The van der Waals surface area contributed by atoms with E-state index >= 15 is 0 Å². The minimum atomic E-state index is 0. The van der Waals surface area contributed by atoms with Gasteiger partial charge >= 0.3 is 1.43 Å². The maximum absolute atomic E-state index is 9.03. The first-order chi connectivity index (χ1) is 4.86. The molecule has 1 N–H and O–H groups in total. The van der Waals surface area contributed by atoms with Crippen LogP contribution in [0.15, 0.2) is 23.2 Å². The largest absolute Gasteiger partial charge is 1.00 e. The Morgan fingerprint density at radius 1 is 1.50 bits per heavy atom. The van der Waals surface area contributed by atoms with Crippen LogP contribution in [0.2, 0.25) is 0 Å². The van der Waals surface area contributed by atoms with E-state index in [1.165, 1.54) is 5.56 Å². The van der Waals surface area contributed by atoms with Crippen LogP contribution in [0.4, 0.5) is 0 Å². The van der Waals surface area contributed by atoms with Gasteiger partial charge in [0.2, 0.25) is 0 Å². The zero-order valence-corrected chi connectivity index (χ0v) is 5.41. The third kappa shape index (κ3) is 0.692. The van der Waals surface area contributed by atoms with Gasteiger partial charge in [0.05, 0.1) is 6.54 Å². The highest BCUT2D eigenvalue weighted by atomic mass is 16.3. The first-order valence-corrected chi connectivity index (χ1v) is 3.18. The molecular weight excluding hydrogens is 126 g/mol. The van der Waals surface area contributed by atoms with Crippen molar-refractivity contribution in [1.29, 1.82) is 0 Å². The molecule has 10 heavy (non-hydrogen) atoms. The molecule has 0 unspecified atom stereocenters. The van der Waals surface area contributed by atoms with Crippen LogP contribution in [-0.2, 0) is 6.54 Å². The quantitative estimate of drug-likeness (QED) is 0.572. The Balaban J connectivity index is 0.000000605. The summed E-state index contributed by atoms with van der Waals surface area (Å²) in [7, 11) is 0. The third-order valence-electron chi connectivity index (χ3n) is 1.62. The van der Waals surface area contributed by atoms with Gasteiger partial charge in [-0.05, 0) is 17.7 Å².